The zero-order chi connectivity index (χ0) is 15.0. The van der Waals surface area contributed by atoms with Crippen LogP contribution in [-0.2, 0) is 15.7 Å². The van der Waals surface area contributed by atoms with Gasteiger partial charge in [0.05, 0.1) is 18.3 Å². The fourth-order valence-electron chi connectivity index (χ4n) is 2.67. The van der Waals surface area contributed by atoms with E-state index in [1.165, 1.54) is 24.9 Å². The van der Waals surface area contributed by atoms with Crippen LogP contribution in [0.5, 0.6) is 0 Å². The van der Waals surface area contributed by atoms with Gasteiger partial charge in [-0.15, -0.1) is 11.3 Å². The highest BCUT2D eigenvalue weighted by atomic mass is 32.1. The van der Waals surface area contributed by atoms with Crippen molar-refractivity contribution in [1.82, 2.24) is 4.98 Å². The molecule has 4 nitrogen and oxygen atoms in total. The summed E-state index contributed by atoms with van der Waals surface area (Å²) in [5, 5.41) is 0.891. The predicted molar refractivity (Wildman–Crippen MR) is 81.1 cm³/mol. The molecular formula is C15H24N2O2S. The number of ether oxygens (including phenoxy) is 1. The molecule has 1 aliphatic rings. The fourth-order valence-corrected chi connectivity index (χ4v) is 4.02. The molecule has 0 amide bonds. The van der Waals surface area contributed by atoms with Crippen LogP contribution in [0.2, 0.25) is 0 Å². The molecule has 0 aromatic carbocycles. The van der Waals surface area contributed by atoms with Gasteiger partial charge in [0.25, 0.3) is 0 Å². The van der Waals surface area contributed by atoms with E-state index >= 15 is 0 Å². The Kier molecular flexibility index (Phi) is 4.21. The molecule has 0 saturated heterocycles. The van der Waals surface area contributed by atoms with Gasteiger partial charge in [-0.3, -0.25) is 0 Å². The molecule has 1 aromatic heterocycles. The lowest BCUT2D eigenvalue weighted by molar-refractivity contribution is 0.0603. The first-order valence-corrected chi connectivity index (χ1v) is 7.98. The number of carbonyl (C=O) groups excluding carboxylic acids is 1. The minimum atomic E-state index is -0.366. The lowest BCUT2D eigenvalue weighted by atomic mass is 9.83. The molecule has 20 heavy (non-hydrogen) atoms. The number of methoxy groups -OCH3 is 1. The van der Waals surface area contributed by atoms with E-state index in [0.29, 0.717) is 4.88 Å². The Bertz CT molecular complexity index is 496. The second-order valence-corrected chi connectivity index (χ2v) is 7.65. The molecular weight excluding hydrogens is 272 g/mol. The minimum absolute atomic E-state index is 0.191. The molecule has 0 aliphatic heterocycles. The minimum Gasteiger partial charge on any atom is -0.465 e. The van der Waals surface area contributed by atoms with Gasteiger partial charge in [0.2, 0.25) is 0 Å². The highest BCUT2D eigenvalue weighted by Gasteiger charge is 2.36. The zero-order valence-electron chi connectivity index (χ0n) is 12.8. The van der Waals surface area contributed by atoms with Gasteiger partial charge >= 0.3 is 5.97 Å². The normalized spacial score (nSPS) is 18.9. The van der Waals surface area contributed by atoms with E-state index < -0.39 is 0 Å². The number of aromatic nitrogens is 1. The molecule has 0 bridgehead atoms. The predicted octanol–water partition coefficient (Wildman–Crippen LogP) is 3.35. The first-order valence-electron chi connectivity index (χ1n) is 7.17. The van der Waals surface area contributed by atoms with Crippen molar-refractivity contribution in [2.75, 3.05) is 7.11 Å². The van der Waals surface area contributed by atoms with Gasteiger partial charge in [0.1, 0.15) is 9.88 Å². The number of rotatable bonds is 2. The van der Waals surface area contributed by atoms with E-state index in [4.69, 9.17) is 15.5 Å². The second kappa shape index (κ2) is 5.45. The molecule has 1 fully saturated rings. The quantitative estimate of drug-likeness (QED) is 0.850. The van der Waals surface area contributed by atoms with Gasteiger partial charge in [-0.1, -0.05) is 40.0 Å². The van der Waals surface area contributed by atoms with Crippen LogP contribution in [0, 0.1) is 0 Å². The first-order chi connectivity index (χ1) is 9.28. The molecule has 2 N–H and O–H groups in total. The van der Waals surface area contributed by atoms with Gasteiger partial charge < -0.3 is 10.5 Å². The van der Waals surface area contributed by atoms with Crippen molar-refractivity contribution < 1.29 is 9.53 Å². The fraction of sp³-hybridized carbons (Fsp3) is 0.733. The van der Waals surface area contributed by atoms with Crippen LogP contribution in [0.25, 0.3) is 0 Å². The average molecular weight is 296 g/mol. The summed E-state index contributed by atoms with van der Waals surface area (Å²) in [7, 11) is 1.41. The Labute approximate surface area is 124 Å². The van der Waals surface area contributed by atoms with Crippen molar-refractivity contribution >= 4 is 17.3 Å². The first kappa shape index (κ1) is 15.4. The number of hydrogen-bond donors (Lipinski definition) is 1. The molecule has 1 saturated carbocycles. The maximum atomic E-state index is 12.0. The Hall–Kier alpha value is -0.940. The molecule has 1 heterocycles. The summed E-state index contributed by atoms with van der Waals surface area (Å²) >= 11 is 1.41. The third-order valence-electron chi connectivity index (χ3n) is 3.88. The molecule has 2 rings (SSSR count). The summed E-state index contributed by atoms with van der Waals surface area (Å²) < 4.78 is 4.90. The Morgan fingerprint density at radius 2 is 1.90 bits per heavy atom. The lowest BCUT2D eigenvalue weighted by Crippen LogP contribution is -2.38. The highest BCUT2D eigenvalue weighted by Crippen LogP contribution is 2.40. The maximum Gasteiger partial charge on any atom is 0.350 e. The van der Waals surface area contributed by atoms with Crippen LogP contribution in [0.1, 0.15) is 73.2 Å². The third-order valence-corrected chi connectivity index (χ3v) is 5.14. The molecule has 0 spiro atoms. The topological polar surface area (TPSA) is 65.2 Å². The number of nitrogens with two attached hydrogens (primary N) is 1. The molecule has 112 valence electrons. The van der Waals surface area contributed by atoms with Gasteiger partial charge in [-0.05, 0) is 12.8 Å². The van der Waals surface area contributed by atoms with Crippen molar-refractivity contribution in [3.63, 3.8) is 0 Å². The highest BCUT2D eigenvalue weighted by molar-refractivity contribution is 7.13. The van der Waals surface area contributed by atoms with E-state index in [0.717, 1.165) is 36.4 Å². The molecule has 0 atom stereocenters. The Morgan fingerprint density at radius 3 is 2.40 bits per heavy atom. The van der Waals surface area contributed by atoms with Crippen molar-refractivity contribution in [2.24, 2.45) is 5.73 Å². The van der Waals surface area contributed by atoms with E-state index in [9.17, 15) is 4.79 Å². The summed E-state index contributed by atoms with van der Waals surface area (Å²) in [6.45, 7) is 6.17. The summed E-state index contributed by atoms with van der Waals surface area (Å²) in [6.07, 6.45) is 5.40. The van der Waals surface area contributed by atoms with E-state index in [2.05, 4.69) is 20.8 Å². The maximum absolute atomic E-state index is 12.0. The van der Waals surface area contributed by atoms with Crippen LogP contribution in [0.15, 0.2) is 0 Å². The lowest BCUT2D eigenvalue weighted by Gasteiger charge is -2.31. The Morgan fingerprint density at radius 1 is 1.30 bits per heavy atom. The molecule has 0 unspecified atom stereocenters. The molecule has 5 heteroatoms. The SMILES string of the molecule is COC(=O)c1sc(C2(N)CCCCC2)nc1C(C)(C)C. The number of esters is 1. The number of hydrogen-bond acceptors (Lipinski definition) is 5. The zero-order valence-corrected chi connectivity index (χ0v) is 13.6. The number of nitrogens with zero attached hydrogens (tertiary/aromatic N) is 1. The van der Waals surface area contributed by atoms with Gasteiger partial charge in [0.15, 0.2) is 0 Å². The van der Waals surface area contributed by atoms with Crippen molar-refractivity contribution in [1.29, 1.82) is 0 Å². The van der Waals surface area contributed by atoms with Crippen LogP contribution in [0.3, 0.4) is 0 Å². The number of thiazole rings is 1. The third kappa shape index (κ3) is 2.88. The summed E-state index contributed by atoms with van der Waals surface area (Å²) in [5.41, 5.74) is 6.79. The number of carbonyl (C=O) groups is 1. The monoisotopic (exact) mass is 296 g/mol. The van der Waals surface area contributed by atoms with E-state index in [1.54, 1.807) is 0 Å². The van der Waals surface area contributed by atoms with E-state index in [1.807, 2.05) is 0 Å². The molecule has 1 aromatic rings. The summed E-state index contributed by atoms with van der Waals surface area (Å²) in [4.78, 5) is 17.3. The average Bonchev–Trinajstić information content (AvgIpc) is 2.84. The largest absolute Gasteiger partial charge is 0.465 e. The smallest absolute Gasteiger partial charge is 0.350 e. The molecule has 1 aliphatic carbocycles. The van der Waals surface area contributed by atoms with Crippen LogP contribution in [0.4, 0.5) is 0 Å². The van der Waals surface area contributed by atoms with Crippen LogP contribution >= 0.6 is 11.3 Å². The second-order valence-electron chi connectivity index (χ2n) is 6.66. The van der Waals surface area contributed by atoms with Gasteiger partial charge in [-0.2, -0.15) is 0 Å². The van der Waals surface area contributed by atoms with Gasteiger partial charge in [-0.25, -0.2) is 9.78 Å². The molecule has 0 radical (unpaired) electrons. The Balaban J connectivity index is 2.46. The van der Waals surface area contributed by atoms with Crippen molar-refractivity contribution in [3.8, 4) is 0 Å². The van der Waals surface area contributed by atoms with Crippen molar-refractivity contribution in [3.05, 3.63) is 15.6 Å². The van der Waals surface area contributed by atoms with Crippen molar-refractivity contribution in [2.45, 2.75) is 63.8 Å². The van der Waals surface area contributed by atoms with Crippen LogP contribution < -0.4 is 5.73 Å². The van der Waals surface area contributed by atoms with E-state index in [-0.39, 0.29) is 16.9 Å². The van der Waals surface area contributed by atoms with Gasteiger partial charge in [0, 0.05) is 5.41 Å². The summed E-state index contributed by atoms with van der Waals surface area (Å²) in [6, 6.07) is 0. The van der Waals surface area contributed by atoms with Crippen LogP contribution in [-0.4, -0.2) is 18.1 Å². The standard InChI is InChI=1S/C15H24N2O2S/c1-14(2,3)11-10(12(18)19-4)20-13(17-11)15(16)8-6-5-7-9-15/h5-9,16H2,1-4H3. The summed E-state index contributed by atoms with van der Waals surface area (Å²) in [5.74, 6) is -0.307.